The average molecular weight is 808 g/mol. The number of carbonyl (C=O) groups excluding carboxylic acids is 2. The van der Waals surface area contributed by atoms with E-state index in [-0.39, 0.29) is 12.1 Å². The number of amides is 2. The Morgan fingerprint density at radius 2 is 0.833 bits per heavy atom. The summed E-state index contributed by atoms with van der Waals surface area (Å²) in [6, 6.07) is 19.0. The van der Waals surface area contributed by atoms with E-state index in [1.807, 2.05) is 91.8 Å². The molecular formula is C38H48Cl2N4O9S. The molecule has 0 aliphatic carbocycles. The lowest BCUT2D eigenvalue weighted by Gasteiger charge is -2.24. The lowest BCUT2D eigenvalue weighted by molar-refractivity contribution is -0.139. The molecule has 0 saturated heterocycles. The Labute approximate surface area is 326 Å². The minimum absolute atomic E-state index is 0.243. The summed E-state index contributed by atoms with van der Waals surface area (Å²) in [6.07, 6.45) is -0.911. The standard InChI is InChI=1S/C24H34N2O4.C14H14N2O4.Cl2OS/c1-15(25-21(27)29-23(3,4)5)17-11-9-14-20-18(12-10-13-19(17)20)16(2)26-22(28)30-24(6,7)8;15-11(13(17)18)9-5-1-3-7-8(9)4-2-6-10(7)12(16)14(19)20;1-4(2)3/h9-16H,1-8H3,(H,25,27)(H,26,28);1-6,11-12H,15-16H2,(H,17,18)(H,19,20);. The number of hydrogen-bond donors (Lipinski definition) is 6. The smallest absolute Gasteiger partial charge is 0.408 e. The van der Waals surface area contributed by atoms with Crippen molar-refractivity contribution in [3.63, 3.8) is 0 Å². The van der Waals surface area contributed by atoms with Gasteiger partial charge in [-0.05, 0) is 99.2 Å². The van der Waals surface area contributed by atoms with Crippen LogP contribution < -0.4 is 22.1 Å². The molecule has 0 fully saturated rings. The predicted octanol–water partition coefficient (Wildman–Crippen LogP) is 8.06. The molecule has 8 N–H and O–H groups in total. The molecule has 0 spiro atoms. The van der Waals surface area contributed by atoms with Crippen molar-refractivity contribution in [2.24, 2.45) is 11.5 Å². The Morgan fingerprint density at radius 1 is 0.593 bits per heavy atom. The zero-order valence-corrected chi connectivity index (χ0v) is 33.6. The van der Waals surface area contributed by atoms with Gasteiger partial charge in [-0.2, -0.15) is 0 Å². The number of fused-ring (bicyclic) bond motifs is 2. The highest BCUT2D eigenvalue weighted by molar-refractivity contribution is 8.26. The summed E-state index contributed by atoms with van der Waals surface area (Å²) < 4.78 is 19.8. The second-order valence-corrected chi connectivity index (χ2v) is 16.7. The van der Waals surface area contributed by atoms with E-state index in [0.29, 0.717) is 21.9 Å². The number of nitrogens with one attached hydrogen (secondary N) is 2. The fraction of sp³-hybridized carbons (Fsp3) is 0.368. The van der Waals surface area contributed by atoms with Crippen molar-refractivity contribution < 1.29 is 43.1 Å². The van der Waals surface area contributed by atoms with Gasteiger partial charge in [0.05, 0.1) is 12.1 Å². The molecule has 2 amide bonds. The number of benzene rings is 4. The summed E-state index contributed by atoms with van der Waals surface area (Å²) in [7, 11) is 7.36. The van der Waals surface area contributed by atoms with Crippen molar-refractivity contribution in [3.05, 3.63) is 95.1 Å². The van der Waals surface area contributed by atoms with Crippen LogP contribution in [0.4, 0.5) is 9.59 Å². The van der Waals surface area contributed by atoms with Crippen molar-refractivity contribution in [3.8, 4) is 0 Å². The summed E-state index contributed by atoms with van der Waals surface area (Å²) in [4.78, 5) is 46.4. The van der Waals surface area contributed by atoms with Gasteiger partial charge in [0.15, 0.2) is 0 Å². The zero-order chi connectivity index (χ0) is 41.1. The van der Waals surface area contributed by atoms with Crippen LogP contribution in [-0.4, -0.2) is 49.7 Å². The lowest BCUT2D eigenvalue weighted by Crippen LogP contribution is -2.34. The highest BCUT2D eigenvalue weighted by Crippen LogP contribution is 2.31. The number of ether oxygens (including phenoxy) is 2. The van der Waals surface area contributed by atoms with Gasteiger partial charge in [0.1, 0.15) is 23.3 Å². The molecule has 16 heteroatoms. The SMILES string of the molecule is CC(NC(=O)OC(C)(C)C)c1cccc2c(C(C)NC(=O)OC(C)(C)C)cccc12.NC(C(=O)O)c1cccc2c(C(N)C(=O)O)cccc12.O=S(Cl)Cl. The van der Waals surface area contributed by atoms with E-state index in [9.17, 15) is 19.2 Å². The van der Waals surface area contributed by atoms with Crippen LogP contribution in [0.2, 0.25) is 0 Å². The molecule has 0 saturated carbocycles. The number of carbonyl (C=O) groups is 4. The number of carboxylic acid groups (broad SMARTS) is 2. The molecule has 54 heavy (non-hydrogen) atoms. The van der Waals surface area contributed by atoms with Gasteiger partial charge < -0.3 is 41.8 Å². The molecule has 0 aliphatic heterocycles. The van der Waals surface area contributed by atoms with Crippen LogP contribution >= 0.6 is 21.4 Å². The molecule has 4 rings (SSSR count). The summed E-state index contributed by atoms with van der Waals surface area (Å²) in [5.74, 6) is -2.30. The summed E-state index contributed by atoms with van der Waals surface area (Å²) >= 11 is 0. The van der Waals surface area contributed by atoms with Crippen LogP contribution in [0.5, 0.6) is 0 Å². The maximum atomic E-state index is 12.2. The third-order valence-electron chi connectivity index (χ3n) is 7.58. The lowest BCUT2D eigenvalue weighted by atomic mass is 9.93. The van der Waals surface area contributed by atoms with Gasteiger partial charge in [-0.3, -0.25) is 9.59 Å². The minimum atomic E-state index is -1.67. The summed E-state index contributed by atoms with van der Waals surface area (Å²) in [5, 5.41) is 27.0. The van der Waals surface area contributed by atoms with Crippen LogP contribution in [0, 0.1) is 0 Å². The fourth-order valence-corrected chi connectivity index (χ4v) is 5.40. The first-order chi connectivity index (χ1) is 24.9. The number of aliphatic carboxylic acids is 2. The number of hydrogen-bond acceptors (Lipinski definition) is 9. The van der Waals surface area contributed by atoms with Crippen LogP contribution in [0.25, 0.3) is 21.5 Å². The van der Waals surface area contributed by atoms with E-state index in [2.05, 4.69) is 32.0 Å². The Hall–Kier alpha value is -4.47. The number of nitrogens with two attached hydrogens (primary N) is 2. The van der Waals surface area contributed by atoms with Gasteiger partial charge in [-0.15, -0.1) is 0 Å². The first kappa shape index (κ1) is 45.7. The summed E-state index contributed by atoms with van der Waals surface area (Å²) in [6.45, 7) is 14.9. The Kier molecular flexibility index (Phi) is 16.7. The van der Waals surface area contributed by atoms with Gasteiger partial charge >= 0.3 is 24.1 Å². The van der Waals surface area contributed by atoms with Crippen LogP contribution in [0.15, 0.2) is 72.8 Å². The van der Waals surface area contributed by atoms with Gasteiger partial charge in [0, 0.05) is 21.4 Å². The van der Waals surface area contributed by atoms with Crippen molar-refractivity contribution in [2.45, 2.75) is 90.8 Å². The van der Waals surface area contributed by atoms with E-state index in [1.54, 1.807) is 36.4 Å². The highest BCUT2D eigenvalue weighted by Gasteiger charge is 2.23. The number of rotatable bonds is 8. The fourth-order valence-electron chi connectivity index (χ4n) is 5.40. The predicted molar refractivity (Wildman–Crippen MR) is 212 cm³/mol. The molecule has 294 valence electrons. The summed E-state index contributed by atoms with van der Waals surface area (Å²) in [5.41, 5.74) is 13.0. The van der Waals surface area contributed by atoms with Crippen molar-refractivity contribution >= 4 is 76.3 Å². The molecule has 0 aliphatic rings. The largest absolute Gasteiger partial charge is 0.480 e. The average Bonchev–Trinajstić information content (AvgIpc) is 3.04. The monoisotopic (exact) mass is 806 g/mol. The molecule has 4 atom stereocenters. The van der Waals surface area contributed by atoms with Crippen molar-refractivity contribution in [2.75, 3.05) is 0 Å². The van der Waals surface area contributed by atoms with Gasteiger partial charge in [-0.1, -0.05) is 72.8 Å². The number of carboxylic acids is 2. The molecular weight excluding hydrogens is 759 g/mol. The second-order valence-electron chi connectivity index (χ2n) is 14.1. The third-order valence-corrected chi connectivity index (χ3v) is 7.58. The van der Waals surface area contributed by atoms with Gasteiger partial charge in [0.25, 0.3) is 0 Å². The Morgan fingerprint density at radius 3 is 1.07 bits per heavy atom. The van der Waals surface area contributed by atoms with E-state index in [0.717, 1.165) is 21.9 Å². The topological polar surface area (TPSA) is 220 Å². The molecule has 4 aromatic carbocycles. The maximum Gasteiger partial charge on any atom is 0.408 e. The van der Waals surface area contributed by atoms with Crippen molar-refractivity contribution in [1.82, 2.24) is 10.6 Å². The zero-order valence-electron chi connectivity index (χ0n) is 31.3. The van der Waals surface area contributed by atoms with Gasteiger partial charge in [0.2, 0.25) is 9.23 Å². The van der Waals surface area contributed by atoms with E-state index in [4.69, 9.17) is 35.4 Å². The highest BCUT2D eigenvalue weighted by atomic mass is 36.0. The first-order valence-electron chi connectivity index (χ1n) is 16.7. The molecule has 0 heterocycles. The van der Waals surface area contributed by atoms with Gasteiger partial charge in [-0.25, -0.2) is 13.8 Å². The quantitative estimate of drug-likeness (QED) is 0.0935. The first-order valence-corrected chi connectivity index (χ1v) is 19.5. The number of halogens is 2. The molecule has 0 aromatic heterocycles. The van der Waals surface area contributed by atoms with E-state index < -0.39 is 56.6 Å². The Bertz CT molecular complexity index is 1840. The van der Waals surface area contributed by atoms with E-state index in [1.165, 1.54) is 0 Å². The van der Waals surface area contributed by atoms with Crippen LogP contribution in [0.1, 0.15) is 102 Å². The molecule has 13 nitrogen and oxygen atoms in total. The molecule has 0 radical (unpaired) electrons. The normalized spacial score (nSPS) is 13.6. The minimum Gasteiger partial charge on any atom is -0.480 e. The van der Waals surface area contributed by atoms with E-state index >= 15 is 0 Å². The van der Waals surface area contributed by atoms with Crippen LogP contribution in [-0.2, 0) is 28.3 Å². The second kappa shape index (κ2) is 19.7. The maximum absolute atomic E-state index is 12.2. The molecule has 4 aromatic rings. The van der Waals surface area contributed by atoms with Crippen molar-refractivity contribution in [1.29, 1.82) is 0 Å². The molecule has 4 unspecified atom stereocenters. The number of alkyl carbamates (subject to hydrolysis) is 2. The molecule has 0 bridgehead atoms. The van der Waals surface area contributed by atoms with Crippen LogP contribution in [0.3, 0.4) is 0 Å². The Balaban J connectivity index is 0.000000361. The third kappa shape index (κ3) is 14.1.